The van der Waals surface area contributed by atoms with Crippen LogP contribution in [0.3, 0.4) is 0 Å². The number of ether oxygens (including phenoxy) is 1. The molecular formula is C33H56O3. The molecule has 0 unspecified atom stereocenters. The number of unbranched alkanes of at least 4 members (excludes halogenated alkanes) is 10. The Morgan fingerprint density at radius 3 is 2.11 bits per heavy atom. The summed E-state index contributed by atoms with van der Waals surface area (Å²) in [5.41, 5.74) is 0.531. The normalized spacial score (nSPS) is 37.8. The van der Waals surface area contributed by atoms with Crippen LogP contribution in [0.25, 0.3) is 0 Å². The highest BCUT2D eigenvalue weighted by molar-refractivity contribution is 5.79. The van der Waals surface area contributed by atoms with Crippen LogP contribution < -0.4 is 0 Å². The van der Waals surface area contributed by atoms with Gasteiger partial charge in [0.25, 0.3) is 0 Å². The van der Waals surface area contributed by atoms with Gasteiger partial charge in [-0.25, -0.2) is 0 Å². The molecule has 0 bridgehead atoms. The third-order valence-corrected chi connectivity index (χ3v) is 11.7. The van der Waals surface area contributed by atoms with Crippen LogP contribution in [-0.4, -0.2) is 17.9 Å². The van der Waals surface area contributed by atoms with E-state index in [0.29, 0.717) is 29.5 Å². The van der Waals surface area contributed by atoms with Crippen LogP contribution in [0, 0.1) is 34.5 Å². The summed E-state index contributed by atoms with van der Waals surface area (Å²) in [6, 6.07) is 0. The van der Waals surface area contributed by atoms with Crippen molar-refractivity contribution in [3.63, 3.8) is 0 Å². The standard InChI is InChI=1S/C33H56O3/c1-4-5-6-7-8-9-10-11-12-13-14-15-31(35)36-30-19-18-28-27-17-16-25-24-26(34)20-22-32(25,2)29(27)21-23-33(28,30)3/h25,27-30H,4-24H2,1-3H3/t25-,27-,28-,29-,30-,32-,33-/m0/s1. The van der Waals surface area contributed by atoms with Crippen molar-refractivity contribution in [3.05, 3.63) is 0 Å². The Kier molecular flexibility index (Phi) is 10.0. The summed E-state index contributed by atoms with van der Waals surface area (Å²) in [6.07, 6.45) is 25.2. The molecule has 0 saturated heterocycles. The highest BCUT2D eigenvalue weighted by Crippen LogP contribution is 2.66. The zero-order valence-corrected chi connectivity index (χ0v) is 24.0. The molecule has 0 aromatic heterocycles. The Morgan fingerprint density at radius 2 is 1.42 bits per heavy atom. The number of rotatable bonds is 13. The van der Waals surface area contributed by atoms with Gasteiger partial charge in [0, 0.05) is 24.7 Å². The second-order valence-electron chi connectivity index (χ2n) is 13.8. The van der Waals surface area contributed by atoms with Gasteiger partial charge in [0.15, 0.2) is 0 Å². The Bertz CT molecular complexity index is 730. The molecule has 4 aliphatic carbocycles. The van der Waals surface area contributed by atoms with E-state index in [1.165, 1.54) is 96.3 Å². The van der Waals surface area contributed by atoms with Crippen molar-refractivity contribution in [2.45, 2.75) is 162 Å². The summed E-state index contributed by atoms with van der Waals surface area (Å²) >= 11 is 0. The monoisotopic (exact) mass is 500 g/mol. The van der Waals surface area contributed by atoms with Gasteiger partial charge < -0.3 is 4.74 Å². The van der Waals surface area contributed by atoms with Crippen molar-refractivity contribution in [2.75, 3.05) is 0 Å². The second-order valence-corrected chi connectivity index (χ2v) is 13.8. The zero-order valence-electron chi connectivity index (χ0n) is 24.0. The smallest absolute Gasteiger partial charge is 0.306 e. The maximum atomic E-state index is 12.8. The predicted octanol–water partition coefficient (Wildman–Crippen LogP) is 9.21. The van der Waals surface area contributed by atoms with Crippen molar-refractivity contribution in [1.29, 1.82) is 0 Å². The lowest BCUT2D eigenvalue weighted by Crippen LogP contribution is -2.54. The summed E-state index contributed by atoms with van der Waals surface area (Å²) in [6.45, 7) is 7.24. The SMILES string of the molecule is CCCCCCCCCCCCCC(=O)O[C@H]1CC[C@H]2[C@@H]3CC[C@H]4CC(=O)CC[C@]4(C)[C@H]3CC[C@]12C. The molecule has 0 aliphatic heterocycles. The second kappa shape index (κ2) is 12.8. The lowest BCUT2D eigenvalue weighted by molar-refractivity contribution is -0.164. The number of esters is 1. The molecule has 0 spiro atoms. The molecule has 4 aliphatic rings. The molecule has 0 aromatic carbocycles. The summed E-state index contributed by atoms with van der Waals surface area (Å²) in [5, 5.41) is 0. The molecule has 3 heteroatoms. The summed E-state index contributed by atoms with van der Waals surface area (Å²) < 4.78 is 6.22. The molecule has 0 aromatic rings. The highest BCUT2D eigenvalue weighted by atomic mass is 16.5. The average molecular weight is 501 g/mol. The number of Topliss-reactive ketones (excluding diaryl/α,β-unsaturated/α-hetero) is 1. The van der Waals surface area contributed by atoms with Gasteiger partial charge in [-0.15, -0.1) is 0 Å². The van der Waals surface area contributed by atoms with Crippen LogP contribution in [0.5, 0.6) is 0 Å². The number of carbonyl (C=O) groups is 2. The number of hydrogen-bond donors (Lipinski definition) is 0. The van der Waals surface area contributed by atoms with E-state index in [1.54, 1.807) is 0 Å². The number of carbonyl (C=O) groups excluding carboxylic acids is 2. The fraction of sp³-hybridized carbons (Fsp3) is 0.939. The van der Waals surface area contributed by atoms with E-state index >= 15 is 0 Å². The Hall–Kier alpha value is -0.860. The van der Waals surface area contributed by atoms with E-state index in [4.69, 9.17) is 4.74 Å². The fourth-order valence-electron chi connectivity index (χ4n) is 9.34. The number of hydrogen-bond acceptors (Lipinski definition) is 3. The molecule has 4 fully saturated rings. The van der Waals surface area contributed by atoms with E-state index in [9.17, 15) is 9.59 Å². The Labute approximate surface area is 222 Å². The lowest BCUT2D eigenvalue weighted by Gasteiger charge is -2.60. The molecule has 4 rings (SSSR count). The predicted molar refractivity (Wildman–Crippen MR) is 148 cm³/mol. The molecule has 7 atom stereocenters. The third kappa shape index (κ3) is 6.23. The van der Waals surface area contributed by atoms with E-state index in [2.05, 4.69) is 20.8 Å². The van der Waals surface area contributed by atoms with Crippen molar-refractivity contribution in [2.24, 2.45) is 34.5 Å². The Balaban J connectivity index is 1.16. The molecule has 206 valence electrons. The first-order valence-electron chi connectivity index (χ1n) is 16.1. The van der Waals surface area contributed by atoms with Crippen LogP contribution in [-0.2, 0) is 14.3 Å². The van der Waals surface area contributed by atoms with E-state index < -0.39 is 0 Å². The number of ketones is 1. The maximum absolute atomic E-state index is 12.8. The van der Waals surface area contributed by atoms with Crippen LogP contribution in [0.1, 0.15) is 156 Å². The van der Waals surface area contributed by atoms with Gasteiger partial charge in [-0.2, -0.15) is 0 Å². The molecular weight excluding hydrogens is 444 g/mol. The molecule has 4 saturated carbocycles. The molecule has 0 heterocycles. The van der Waals surface area contributed by atoms with Gasteiger partial charge in [0.1, 0.15) is 11.9 Å². The topological polar surface area (TPSA) is 43.4 Å². The third-order valence-electron chi connectivity index (χ3n) is 11.7. The first kappa shape index (κ1) is 28.2. The quantitative estimate of drug-likeness (QED) is 0.187. The number of fused-ring (bicyclic) bond motifs is 5. The van der Waals surface area contributed by atoms with Crippen molar-refractivity contribution < 1.29 is 14.3 Å². The molecule has 0 radical (unpaired) electrons. The highest BCUT2D eigenvalue weighted by Gasteiger charge is 2.61. The van der Waals surface area contributed by atoms with Crippen LogP contribution in [0.2, 0.25) is 0 Å². The van der Waals surface area contributed by atoms with Gasteiger partial charge >= 0.3 is 5.97 Å². The minimum Gasteiger partial charge on any atom is -0.462 e. The minimum atomic E-state index is 0.0568. The maximum Gasteiger partial charge on any atom is 0.306 e. The summed E-state index contributed by atoms with van der Waals surface area (Å²) in [7, 11) is 0. The molecule has 36 heavy (non-hydrogen) atoms. The van der Waals surface area contributed by atoms with Crippen molar-refractivity contribution in [1.82, 2.24) is 0 Å². The first-order chi connectivity index (χ1) is 17.4. The molecule has 0 N–H and O–H groups in total. The van der Waals surface area contributed by atoms with Crippen LogP contribution in [0.15, 0.2) is 0 Å². The molecule has 0 amide bonds. The van der Waals surface area contributed by atoms with E-state index in [1.807, 2.05) is 0 Å². The van der Waals surface area contributed by atoms with Gasteiger partial charge in [0.05, 0.1) is 0 Å². The van der Waals surface area contributed by atoms with Crippen LogP contribution >= 0.6 is 0 Å². The van der Waals surface area contributed by atoms with Crippen LogP contribution in [0.4, 0.5) is 0 Å². The van der Waals surface area contributed by atoms with Crippen molar-refractivity contribution >= 4 is 11.8 Å². The minimum absolute atomic E-state index is 0.0568. The Morgan fingerprint density at radius 1 is 0.778 bits per heavy atom. The van der Waals surface area contributed by atoms with Gasteiger partial charge in [-0.1, -0.05) is 85.0 Å². The van der Waals surface area contributed by atoms with E-state index in [-0.39, 0.29) is 17.5 Å². The van der Waals surface area contributed by atoms with E-state index in [0.717, 1.165) is 43.9 Å². The van der Waals surface area contributed by atoms with Crippen molar-refractivity contribution in [3.8, 4) is 0 Å². The lowest BCUT2D eigenvalue weighted by atomic mass is 9.45. The summed E-state index contributed by atoms with van der Waals surface area (Å²) in [5.74, 6) is 3.42. The summed E-state index contributed by atoms with van der Waals surface area (Å²) in [4.78, 5) is 24.9. The van der Waals surface area contributed by atoms with Gasteiger partial charge in [0.2, 0.25) is 0 Å². The first-order valence-corrected chi connectivity index (χ1v) is 16.1. The fourth-order valence-corrected chi connectivity index (χ4v) is 9.34. The molecule has 3 nitrogen and oxygen atoms in total. The largest absolute Gasteiger partial charge is 0.462 e. The van der Waals surface area contributed by atoms with Gasteiger partial charge in [-0.05, 0) is 80.5 Å². The average Bonchev–Trinajstić information content (AvgIpc) is 3.19. The van der Waals surface area contributed by atoms with Gasteiger partial charge in [-0.3, -0.25) is 9.59 Å². The zero-order chi connectivity index (χ0) is 25.6.